The molecule has 0 radical (unpaired) electrons. The van der Waals surface area contributed by atoms with E-state index >= 15 is 0 Å². The van der Waals surface area contributed by atoms with Crippen LogP contribution < -0.4 is 0 Å². The first-order valence-corrected chi connectivity index (χ1v) is 5.75. The Hall–Kier alpha value is 0.440. The van der Waals surface area contributed by atoms with Gasteiger partial charge in [-0.1, -0.05) is 42.6 Å². The van der Waals surface area contributed by atoms with Crippen molar-refractivity contribution < 1.29 is 4.74 Å². The van der Waals surface area contributed by atoms with E-state index in [0.29, 0.717) is 4.83 Å². The fourth-order valence-corrected chi connectivity index (χ4v) is 1.90. The predicted octanol–water partition coefficient (Wildman–Crippen LogP) is 3.61. The third kappa shape index (κ3) is 7.11. The molecule has 0 N–H and O–H groups in total. The molecule has 0 saturated heterocycles. The Morgan fingerprint density at radius 3 is 2.42 bits per heavy atom. The van der Waals surface area contributed by atoms with Gasteiger partial charge in [0.1, 0.15) is 0 Å². The normalized spacial score (nSPS) is 16.0. The summed E-state index contributed by atoms with van der Waals surface area (Å²) in [5.41, 5.74) is 0. The summed E-state index contributed by atoms with van der Waals surface area (Å²) in [5, 5.41) is 0. The van der Waals surface area contributed by atoms with Crippen molar-refractivity contribution in [2.75, 3.05) is 13.7 Å². The molecule has 0 heterocycles. The highest BCUT2D eigenvalue weighted by molar-refractivity contribution is 9.09. The lowest BCUT2D eigenvalue weighted by atomic mass is 9.99. The summed E-state index contributed by atoms with van der Waals surface area (Å²) in [7, 11) is 1.75. The van der Waals surface area contributed by atoms with Crippen molar-refractivity contribution in [2.45, 2.75) is 44.4 Å². The molecule has 0 spiro atoms. The van der Waals surface area contributed by atoms with Crippen LogP contribution in [0.5, 0.6) is 0 Å². The SMILES string of the molecule is CCCC(C)CCC(Br)COC. The zero-order valence-corrected chi connectivity index (χ0v) is 10.1. The van der Waals surface area contributed by atoms with Crippen LogP contribution in [0.4, 0.5) is 0 Å². The molecule has 0 aromatic heterocycles. The van der Waals surface area contributed by atoms with Gasteiger partial charge in [0.2, 0.25) is 0 Å². The topological polar surface area (TPSA) is 9.23 Å². The van der Waals surface area contributed by atoms with Gasteiger partial charge in [-0.05, 0) is 18.8 Å². The zero-order chi connectivity index (χ0) is 9.40. The molecule has 0 fully saturated rings. The van der Waals surface area contributed by atoms with Gasteiger partial charge in [-0.15, -0.1) is 0 Å². The Balaban J connectivity index is 3.27. The minimum atomic E-state index is 0.543. The molecule has 1 nitrogen and oxygen atoms in total. The summed E-state index contributed by atoms with van der Waals surface area (Å²) in [6.07, 6.45) is 5.20. The van der Waals surface area contributed by atoms with Crippen LogP contribution >= 0.6 is 15.9 Å². The zero-order valence-electron chi connectivity index (χ0n) is 8.48. The summed E-state index contributed by atoms with van der Waals surface area (Å²) in [6.45, 7) is 5.41. The minimum Gasteiger partial charge on any atom is -0.384 e. The second kappa shape index (κ2) is 8.06. The Kier molecular flexibility index (Phi) is 8.35. The highest BCUT2D eigenvalue weighted by Gasteiger charge is 2.06. The van der Waals surface area contributed by atoms with E-state index in [2.05, 4.69) is 29.8 Å². The predicted molar refractivity (Wildman–Crippen MR) is 57.9 cm³/mol. The second-order valence-electron chi connectivity index (χ2n) is 3.52. The van der Waals surface area contributed by atoms with Crippen molar-refractivity contribution in [3.05, 3.63) is 0 Å². The van der Waals surface area contributed by atoms with Crippen LogP contribution in [0, 0.1) is 5.92 Å². The molecule has 0 aliphatic heterocycles. The molecule has 0 aromatic rings. The Labute approximate surface area is 85.0 Å². The maximum absolute atomic E-state index is 5.05. The first-order chi connectivity index (χ1) is 5.70. The second-order valence-corrected chi connectivity index (χ2v) is 4.82. The highest BCUT2D eigenvalue weighted by atomic mass is 79.9. The Morgan fingerprint density at radius 1 is 1.25 bits per heavy atom. The van der Waals surface area contributed by atoms with Crippen LogP contribution in [0.2, 0.25) is 0 Å². The van der Waals surface area contributed by atoms with Crippen molar-refractivity contribution in [1.29, 1.82) is 0 Å². The molecule has 0 aliphatic rings. The standard InChI is InChI=1S/C10H21BrO/c1-4-5-9(2)6-7-10(11)8-12-3/h9-10H,4-8H2,1-3H3. The summed E-state index contributed by atoms with van der Waals surface area (Å²) >= 11 is 3.59. The molecule has 2 heteroatoms. The number of alkyl halides is 1. The third-order valence-corrected chi connectivity index (χ3v) is 2.82. The summed E-state index contributed by atoms with van der Waals surface area (Å²) in [4.78, 5) is 0.543. The van der Waals surface area contributed by atoms with Crippen LogP contribution in [0.3, 0.4) is 0 Å². The van der Waals surface area contributed by atoms with E-state index in [-0.39, 0.29) is 0 Å². The van der Waals surface area contributed by atoms with Crippen molar-refractivity contribution in [3.63, 3.8) is 0 Å². The largest absolute Gasteiger partial charge is 0.384 e. The summed E-state index contributed by atoms with van der Waals surface area (Å²) in [6, 6.07) is 0. The lowest BCUT2D eigenvalue weighted by Crippen LogP contribution is -2.08. The number of hydrogen-bond acceptors (Lipinski definition) is 1. The number of rotatable bonds is 7. The van der Waals surface area contributed by atoms with Gasteiger partial charge in [0.25, 0.3) is 0 Å². The average Bonchev–Trinajstić information content (AvgIpc) is 2.02. The molecule has 12 heavy (non-hydrogen) atoms. The van der Waals surface area contributed by atoms with E-state index in [1.807, 2.05) is 0 Å². The first kappa shape index (κ1) is 12.4. The molecule has 0 amide bonds. The third-order valence-electron chi connectivity index (χ3n) is 2.10. The smallest absolute Gasteiger partial charge is 0.0587 e. The highest BCUT2D eigenvalue weighted by Crippen LogP contribution is 2.17. The lowest BCUT2D eigenvalue weighted by molar-refractivity contribution is 0.196. The molecule has 0 saturated carbocycles. The van der Waals surface area contributed by atoms with Gasteiger partial charge in [0.15, 0.2) is 0 Å². The lowest BCUT2D eigenvalue weighted by Gasteiger charge is -2.12. The fraction of sp³-hybridized carbons (Fsp3) is 1.00. The van der Waals surface area contributed by atoms with E-state index in [1.165, 1.54) is 25.7 Å². The van der Waals surface area contributed by atoms with Crippen LogP contribution in [-0.4, -0.2) is 18.5 Å². The van der Waals surface area contributed by atoms with E-state index in [1.54, 1.807) is 7.11 Å². The number of hydrogen-bond donors (Lipinski definition) is 0. The number of ether oxygens (including phenoxy) is 1. The van der Waals surface area contributed by atoms with Crippen molar-refractivity contribution in [1.82, 2.24) is 0 Å². The molecule has 0 rings (SSSR count). The van der Waals surface area contributed by atoms with Gasteiger partial charge >= 0.3 is 0 Å². The van der Waals surface area contributed by atoms with E-state index in [0.717, 1.165) is 12.5 Å². The number of methoxy groups -OCH3 is 1. The summed E-state index contributed by atoms with van der Waals surface area (Å²) < 4.78 is 5.05. The van der Waals surface area contributed by atoms with E-state index in [9.17, 15) is 0 Å². The average molecular weight is 237 g/mol. The van der Waals surface area contributed by atoms with Gasteiger partial charge in [0, 0.05) is 11.9 Å². The maximum atomic E-state index is 5.05. The van der Waals surface area contributed by atoms with Crippen molar-refractivity contribution in [3.8, 4) is 0 Å². The van der Waals surface area contributed by atoms with Crippen molar-refractivity contribution in [2.24, 2.45) is 5.92 Å². The molecule has 2 unspecified atom stereocenters. The first-order valence-electron chi connectivity index (χ1n) is 4.83. The fourth-order valence-electron chi connectivity index (χ4n) is 1.37. The molecule has 0 bridgehead atoms. The molecular weight excluding hydrogens is 216 g/mol. The minimum absolute atomic E-state index is 0.543. The van der Waals surface area contributed by atoms with Gasteiger partial charge < -0.3 is 4.74 Å². The van der Waals surface area contributed by atoms with Crippen LogP contribution in [-0.2, 0) is 4.74 Å². The molecular formula is C10H21BrO. The Morgan fingerprint density at radius 2 is 1.92 bits per heavy atom. The monoisotopic (exact) mass is 236 g/mol. The summed E-state index contributed by atoms with van der Waals surface area (Å²) in [5.74, 6) is 0.868. The molecule has 2 atom stereocenters. The van der Waals surface area contributed by atoms with Gasteiger partial charge in [-0.25, -0.2) is 0 Å². The molecule has 0 aliphatic carbocycles. The van der Waals surface area contributed by atoms with Crippen molar-refractivity contribution >= 4 is 15.9 Å². The maximum Gasteiger partial charge on any atom is 0.0587 e. The number of halogens is 1. The molecule has 0 aromatic carbocycles. The van der Waals surface area contributed by atoms with E-state index in [4.69, 9.17) is 4.74 Å². The van der Waals surface area contributed by atoms with E-state index < -0.39 is 0 Å². The Bertz CT molecular complexity index is 83.8. The van der Waals surface area contributed by atoms with Crippen LogP contribution in [0.15, 0.2) is 0 Å². The van der Waals surface area contributed by atoms with Crippen LogP contribution in [0.25, 0.3) is 0 Å². The van der Waals surface area contributed by atoms with Gasteiger partial charge in [0.05, 0.1) is 6.61 Å². The quantitative estimate of drug-likeness (QED) is 0.614. The van der Waals surface area contributed by atoms with Gasteiger partial charge in [-0.2, -0.15) is 0 Å². The van der Waals surface area contributed by atoms with Gasteiger partial charge in [-0.3, -0.25) is 0 Å². The molecule has 74 valence electrons. The van der Waals surface area contributed by atoms with Crippen LogP contribution in [0.1, 0.15) is 39.5 Å².